The van der Waals surface area contributed by atoms with Gasteiger partial charge in [0.1, 0.15) is 0 Å². The first-order chi connectivity index (χ1) is 7.40. The molecule has 0 aliphatic carbocycles. The number of alkyl halides is 1. The summed E-state index contributed by atoms with van der Waals surface area (Å²) in [6.45, 7) is 0. The van der Waals surface area contributed by atoms with E-state index in [0.29, 0.717) is 0 Å². The normalized spacial score (nSPS) is 10.7. The number of unbranched alkanes of at least 4 members (excludes halogenated alkanes) is 1. The lowest BCUT2D eigenvalue weighted by Crippen LogP contribution is -1.91. The SMILES string of the molecule is BrCCCCc1ccc2ccccc2n1. The van der Waals surface area contributed by atoms with E-state index >= 15 is 0 Å². The van der Waals surface area contributed by atoms with Crippen LogP contribution in [-0.4, -0.2) is 10.3 Å². The van der Waals surface area contributed by atoms with Crippen LogP contribution >= 0.6 is 15.9 Å². The molecule has 1 aromatic carbocycles. The van der Waals surface area contributed by atoms with Crippen LogP contribution in [0.4, 0.5) is 0 Å². The predicted octanol–water partition coefficient (Wildman–Crippen LogP) is 3.95. The molecule has 1 nitrogen and oxygen atoms in total. The van der Waals surface area contributed by atoms with Crippen LogP contribution in [0.5, 0.6) is 0 Å². The van der Waals surface area contributed by atoms with Crippen molar-refractivity contribution in [2.45, 2.75) is 19.3 Å². The Balaban J connectivity index is 2.16. The van der Waals surface area contributed by atoms with Crippen molar-refractivity contribution in [1.82, 2.24) is 4.98 Å². The fourth-order valence-corrected chi connectivity index (χ4v) is 2.04. The van der Waals surface area contributed by atoms with Crippen molar-refractivity contribution in [3.05, 3.63) is 42.1 Å². The van der Waals surface area contributed by atoms with E-state index in [1.165, 1.54) is 23.9 Å². The third kappa shape index (κ3) is 2.78. The van der Waals surface area contributed by atoms with E-state index in [0.717, 1.165) is 17.3 Å². The van der Waals surface area contributed by atoms with Crippen molar-refractivity contribution < 1.29 is 0 Å². The van der Waals surface area contributed by atoms with Gasteiger partial charge in [-0.1, -0.05) is 40.2 Å². The van der Waals surface area contributed by atoms with Crippen LogP contribution in [0.2, 0.25) is 0 Å². The maximum Gasteiger partial charge on any atom is 0.0705 e. The molecule has 0 saturated heterocycles. The Bertz CT molecular complexity index is 439. The molecule has 0 atom stereocenters. The Labute approximate surface area is 98.7 Å². The number of benzene rings is 1. The zero-order valence-corrected chi connectivity index (χ0v) is 10.2. The Morgan fingerprint density at radius 3 is 2.73 bits per heavy atom. The van der Waals surface area contributed by atoms with E-state index in [2.05, 4.69) is 51.2 Å². The highest BCUT2D eigenvalue weighted by Gasteiger charge is 1.97. The van der Waals surface area contributed by atoms with Gasteiger partial charge in [0.05, 0.1) is 5.52 Å². The minimum absolute atomic E-state index is 1.08. The highest BCUT2D eigenvalue weighted by molar-refractivity contribution is 9.09. The van der Waals surface area contributed by atoms with Crippen LogP contribution in [0.1, 0.15) is 18.5 Å². The van der Waals surface area contributed by atoms with Gasteiger partial charge in [-0.2, -0.15) is 0 Å². The van der Waals surface area contributed by atoms with Crippen LogP contribution in [-0.2, 0) is 6.42 Å². The fourth-order valence-electron chi connectivity index (χ4n) is 1.65. The number of rotatable bonds is 4. The summed E-state index contributed by atoms with van der Waals surface area (Å²) < 4.78 is 0. The van der Waals surface area contributed by atoms with Crippen molar-refractivity contribution in [2.75, 3.05) is 5.33 Å². The summed E-state index contributed by atoms with van der Waals surface area (Å²) in [6, 6.07) is 12.6. The summed E-state index contributed by atoms with van der Waals surface area (Å²) in [5.41, 5.74) is 2.31. The molecule has 2 rings (SSSR count). The summed E-state index contributed by atoms with van der Waals surface area (Å²) in [7, 11) is 0. The zero-order valence-electron chi connectivity index (χ0n) is 8.62. The molecule has 1 aromatic heterocycles. The van der Waals surface area contributed by atoms with Gasteiger partial charge in [-0.3, -0.25) is 4.98 Å². The van der Waals surface area contributed by atoms with Crippen molar-refractivity contribution >= 4 is 26.8 Å². The van der Waals surface area contributed by atoms with Crippen molar-refractivity contribution in [3.8, 4) is 0 Å². The molecule has 78 valence electrons. The number of hydrogen-bond donors (Lipinski definition) is 0. The van der Waals surface area contributed by atoms with E-state index in [-0.39, 0.29) is 0 Å². The third-order valence-electron chi connectivity index (χ3n) is 2.47. The lowest BCUT2D eigenvalue weighted by molar-refractivity contribution is 0.789. The van der Waals surface area contributed by atoms with Crippen molar-refractivity contribution in [3.63, 3.8) is 0 Å². The van der Waals surface area contributed by atoms with E-state index in [1.54, 1.807) is 0 Å². The van der Waals surface area contributed by atoms with Crippen LogP contribution in [0, 0.1) is 0 Å². The van der Waals surface area contributed by atoms with Crippen LogP contribution in [0.15, 0.2) is 36.4 Å². The number of aryl methyl sites for hydroxylation is 1. The molecule has 0 aliphatic heterocycles. The fraction of sp³-hybridized carbons (Fsp3) is 0.308. The third-order valence-corrected chi connectivity index (χ3v) is 3.03. The van der Waals surface area contributed by atoms with Gasteiger partial charge in [0, 0.05) is 16.4 Å². The van der Waals surface area contributed by atoms with Crippen LogP contribution < -0.4 is 0 Å². The van der Waals surface area contributed by atoms with Gasteiger partial charge < -0.3 is 0 Å². The Morgan fingerprint density at radius 1 is 1.00 bits per heavy atom. The van der Waals surface area contributed by atoms with E-state index in [9.17, 15) is 0 Å². The highest BCUT2D eigenvalue weighted by atomic mass is 79.9. The van der Waals surface area contributed by atoms with Crippen LogP contribution in [0.3, 0.4) is 0 Å². The van der Waals surface area contributed by atoms with E-state index in [1.807, 2.05) is 6.07 Å². The van der Waals surface area contributed by atoms with Crippen molar-refractivity contribution in [2.24, 2.45) is 0 Å². The van der Waals surface area contributed by atoms with E-state index < -0.39 is 0 Å². The number of halogens is 1. The first-order valence-electron chi connectivity index (χ1n) is 5.31. The predicted molar refractivity (Wildman–Crippen MR) is 68.5 cm³/mol. The van der Waals surface area contributed by atoms with Gasteiger partial charge in [0.2, 0.25) is 0 Å². The molecule has 0 fully saturated rings. The van der Waals surface area contributed by atoms with Gasteiger partial charge >= 0.3 is 0 Å². The molecule has 0 N–H and O–H groups in total. The van der Waals surface area contributed by atoms with E-state index in [4.69, 9.17) is 0 Å². The Kier molecular flexibility index (Phi) is 3.73. The quantitative estimate of drug-likeness (QED) is 0.601. The smallest absolute Gasteiger partial charge is 0.0705 e. The molecule has 0 amide bonds. The number of fused-ring (bicyclic) bond motifs is 1. The standard InChI is InChI=1S/C13H14BrN/c14-10-4-3-6-12-9-8-11-5-1-2-7-13(11)15-12/h1-2,5,7-9H,3-4,6,10H2. The highest BCUT2D eigenvalue weighted by Crippen LogP contribution is 2.13. The number of pyridine rings is 1. The average molecular weight is 264 g/mol. The van der Waals surface area contributed by atoms with Gasteiger partial charge in [-0.15, -0.1) is 0 Å². The first-order valence-corrected chi connectivity index (χ1v) is 6.43. The average Bonchev–Trinajstić information content (AvgIpc) is 2.29. The summed E-state index contributed by atoms with van der Waals surface area (Å²) >= 11 is 3.44. The van der Waals surface area contributed by atoms with Crippen molar-refractivity contribution in [1.29, 1.82) is 0 Å². The summed E-state index contributed by atoms with van der Waals surface area (Å²) in [5.74, 6) is 0. The second kappa shape index (κ2) is 5.26. The van der Waals surface area contributed by atoms with Gasteiger partial charge in [-0.05, 0) is 31.4 Å². The first kappa shape index (κ1) is 10.6. The van der Waals surface area contributed by atoms with Crippen LogP contribution in [0.25, 0.3) is 10.9 Å². The number of para-hydroxylation sites is 1. The number of hydrogen-bond acceptors (Lipinski definition) is 1. The van der Waals surface area contributed by atoms with Gasteiger partial charge in [0.15, 0.2) is 0 Å². The molecule has 0 saturated carbocycles. The monoisotopic (exact) mass is 263 g/mol. The zero-order chi connectivity index (χ0) is 10.5. The lowest BCUT2D eigenvalue weighted by atomic mass is 10.1. The molecule has 0 spiro atoms. The molecule has 0 bridgehead atoms. The maximum atomic E-state index is 4.63. The summed E-state index contributed by atoms with van der Waals surface area (Å²) in [4.78, 5) is 4.63. The Hall–Kier alpha value is -0.890. The second-order valence-electron chi connectivity index (χ2n) is 3.64. The molecule has 1 heterocycles. The molecule has 2 heteroatoms. The molecule has 0 unspecified atom stereocenters. The minimum atomic E-state index is 1.08. The minimum Gasteiger partial charge on any atom is -0.253 e. The molecule has 0 aliphatic rings. The molecular formula is C13H14BrN. The number of nitrogens with zero attached hydrogens (tertiary/aromatic N) is 1. The Morgan fingerprint density at radius 2 is 1.87 bits per heavy atom. The molecular weight excluding hydrogens is 250 g/mol. The van der Waals surface area contributed by atoms with Gasteiger partial charge in [0.25, 0.3) is 0 Å². The number of aromatic nitrogens is 1. The molecule has 0 radical (unpaired) electrons. The molecule has 2 aromatic rings. The maximum absolute atomic E-state index is 4.63. The summed E-state index contributed by atoms with van der Waals surface area (Å²) in [6.07, 6.45) is 3.50. The molecule has 15 heavy (non-hydrogen) atoms. The van der Waals surface area contributed by atoms with Gasteiger partial charge in [-0.25, -0.2) is 0 Å². The lowest BCUT2D eigenvalue weighted by Gasteiger charge is -2.01. The second-order valence-corrected chi connectivity index (χ2v) is 4.43. The topological polar surface area (TPSA) is 12.9 Å². The largest absolute Gasteiger partial charge is 0.253 e. The summed E-state index contributed by atoms with van der Waals surface area (Å²) in [5, 5.41) is 2.31.